The molecule has 0 spiro atoms. The maximum Gasteiger partial charge on any atom is 0.107 e. The Bertz CT molecular complexity index is 1850. The summed E-state index contributed by atoms with van der Waals surface area (Å²) in [5, 5.41) is 1.21. The molecule has 0 aliphatic heterocycles. The summed E-state index contributed by atoms with van der Waals surface area (Å²) >= 11 is 1.75. The van der Waals surface area contributed by atoms with E-state index in [0.29, 0.717) is 0 Å². The average Bonchev–Trinajstić information content (AvgIpc) is 3.46. The second-order valence-corrected chi connectivity index (χ2v) is 10.4. The van der Waals surface area contributed by atoms with Crippen LogP contribution in [0.25, 0.3) is 65.6 Å². The Morgan fingerprint density at radius 3 is 1.62 bits per heavy atom. The molecule has 0 bridgehead atoms. The van der Waals surface area contributed by atoms with Crippen LogP contribution in [0.15, 0.2) is 140 Å². The molecule has 7 rings (SSSR count). The second-order valence-electron chi connectivity index (χ2n) is 9.32. The molecule has 39 heavy (non-hydrogen) atoms. The van der Waals surface area contributed by atoms with Crippen molar-refractivity contribution in [1.29, 1.82) is 0 Å². The number of hydrogen-bond donors (Lipinski definition) is 0. The first-order valence-electron chi connectivity index (χ1n) is 12.9. The zero-order chi connectivity index (χ0) is 26.0. The third kappa shape index (κ3) is 4.52. The molecule has 0 saturated heterocycles. The molecule has 0 aliphatic carbocycles. The van der Waals surface area contributed by atoms with Gasteiger partial charge >= 0.3 is 0 Å². The van der Waals surface area contributed by atoms with Crippen LogP contribution in [-0.4, -0.2) is 15.0 Å². The SMILES string of the molecule is c1ccc(-c2nc(-c3ccc(-c4cccnc4)cc3)c(-c3cc4ccccc4s3)nc2-c2ccccc2)cc1. The third-order valence-corrected chi connectivity index (χ3v) is 7.93. The fourth-order valence-corrected chi connectivity index (χ4v) is 5.91. The molecule has 0 atom stereocenters. The lowest BCUT2D eigenvalue weighted by atomic mass is 10.00. The van der Waals surface area contributed by atoms with Crippen LogP contribution >= 0.6 is 11.3 Å². The van der Waals surface area contributed by atoms with Gasteiger partial charge in [0.25, 0.3) is 0 Å². The van der Waals surface area contributed by atoms with Gasteiger partial charge < -0.3 is 0 Å². The van der Waals surface area contributed by atoms with E-state index < -0.39 is 0 Å². The Kier molecular flexibility index (Phi) is 6.00. The molecule has 0 amide bonds. The Labute approximate surface area is 231 Å². The van der Waals surface area contributed by atoms with Crippen molar-refractivity contribution in [2.75, 3.05) is 0 Å². The highest BCUT2D eigenvalue weighted by Crippen LogP contribution is 2.41. The smallest absolute Gasteiger partial charge is 0.107 e. The summed E-state index contributed by atoms with van der Waals surface area (Å²) in [5.41, 5.74) is 8.84. The van der Waals surface area contributed by atoms with Crippen LogP contribution in [0.4, 0.5) is 0 Å². The first kappa shape index (κ1) is 23.2. The maximum atomic E-state index is 5.38. The Morgan fingerprint density at radius 1 is 0.436 bits per heavy atom. The molecule has 0 radical (unpaired) electrons. The average molecular weight is 518 g/mol. The van der Waals surface area contributed by atoms with Crippen molar-refractivity contribution in [3.05, 3.63) is 140 Å². The van der Waals surface area contributed by atoms with Gasteiger partial charge in [-0.25, -0.2) is 9.97 Å². The molecular formula is C35H23N3S. The molecule has 4 heteroatoms. The number of thiophene rings is 1. The van der Waals surface area contributed by atoms with Gasteiger partial charge in [0.05, 0.1) is 22.0 Å². The van der Waals surface area contributed by atoms with Gasteiger partial charge in [0.2, 0.25) is 0 Å². The summed E-state index contributed by atoms with van der Waals surface area (Å²) in [7, 11) is 0. The van der Waals surface area contributed by atoms with Crippen LogP contribution in [0.2, 0.25) is 0 Å². The monoisotopic (exact) mass is 517 g/mol. The molecule has 3 nitrogen and oxygen atoms in total. The second kappa shape index (κ2) is 10.1. The van der Waals surface area contributed by atoms with Crippen LogP contribution in [0.1, 0.15) is 0 Å². The van der Waals surface area contributed by atoms with E-state index >= 15 is 0 Å². The summed E-state index contributed by atoms with van der Waals surface area (Å²) in [5.74, 6) is 0. The summed E-state index contributed by atoms with van der Waals surface area (Å²) in [6.45, 7) is 0. The van der Waals surface area contributed by atoms with Crippen molar-refractivity contribution in [2.45, 2.75) is 0 Å². The summed E-state index contributed by atoms with van der Waals surface area (Å²) < 4.78 is 1.24. The van der Waals surface area contributed by atoms with Crippen LogP contribution < -0.4 is 0 Å². The normalized spacial score (nSPS) is 11.1. The molecule has 4 aromatic carbocycles. The summed E-state index contributed by atoms with van der Waals surface area (Å²) in [4.78, 5) is 16.1. The maximum absolute atomic E-state index is 5.38. The van der Waals surface area contributed by atoms with Crippen molar-refractivity contribution in [3.63, 3.8) is 0 Å². The van der Waals surface area contributed by atoms with Crippen LogP contribution in [-0.2, 0) is 0 Å². The van der Waals surface area contributed by atoms with Crippen molar-refractivity contribution < 1.29 is 0 Å². The van der Waals surface area contributed by atoms with Gasteiger partial charge in [-0.15, -0.1) is 11.3 Å². The fraction of sp³-hybridized carbons (Fsp3) is 0. The van der Waals surface area contributed by atoms with E-state index in [-0.39, 0.29) is 0 Å². The molecule has 3 heterocycles. The van der Waals surface area contributed by atoms with Crippen LogP contribution in [0, 0.1) is 0 Å². The first-order chi connectivity index (χ1) is 19.3. The molecule has 184 valence electrons. The molecule has 0 aliphatic rings. The predicted octanol–water partition coefficient (Wildman–Crippen LogP) is 9.42. The minimum absolute atomic E-state index is 0.873. The predicted molar refractivity (Wildman–Crippen MR) is 162 cm³/mol. The van der Waals surface area contributed by atoms with Crippen molar-refractivity contribution >= 4 is 21.4 Å². The topological polar surface area (TPSA) is 38.7 Å². The highest BCUT2D eigenvalue weighted by Gasteiger charge is 2.20. The van der Waals surface area contributed by atoms with Gasteiger partial charge in [0.1, 0.15) is 5.69 Å². The van der Waals surface area contributed by atoms with E-state index in [1.165, 1.54) is 10.1 Å². The minimum Gasteiger partial charge on any atom is -0.264 e. The lowest BCUT2D eigenvalue weighted by Crippen LogP contribution is -2.00. The molecule has 0 N–H and O–H groups in total. The van der Waals surface area contributed by atoms with Crippen LogP contribution in [0.3, 0.4) is 0 Å². The van der Waals surface area contributed by atoms with Gasteiger partial charge in [-0.1, -0.05) is 109 Å². The fourth-order valence-electron chi connectivity index (χ4n) is 4.86. The lowest BCUT2D eigenvalue weighted by molar-refractivity contribution is 1.22. The minimum atomic E-state index is 0.873. The number of nitrogens with zero attached hydrogens (tertiary/aromatic N) is 3. The number of rotatable bonds is 5. The summed E-state index contributed by atoms with van der Waals surface area (Å²) in [6, 6.07) is 44.0. The van der Waals surface area contributed by atoms with E-state index in [4.69, 9.17) is 9.97 Å². The van der Waals surface area contributed by atoms with Crippen LogP contribution in [0.5, 0.6) is 0 Å². The summed E-state index contributed by atoms with van der Waals surface area (Å²) in [6.07, 6.45) is 3.68. The number of pyridine rings is 1. The van der Waals surface area contributed by atoms with Gasteiger partial charge in [-0.3, -0.25) is 4.98 Å². The van der Waals surface area contributed by atoms with Crippen molar-refractivity contribution in [2.24, 2.45) is 0 Å². The van der Waals surface area contributed by atoms with Crippen molar-refractivity contribution in [3.8, 4) is 55.5 Å². The first-order valence-corrected chi connectivity index (χ1v) is 13.7. The Hall–Kier alpha value is -4.93. The van der Waals surface area contributed by atoms with Gasteiger partial charge in [-0.2, -0.15) is 0 Å². The number of hydrogen-bond acceptors (Lipinski definition) is 4. The zero-order valence-corrected chi connectivity index (χ0v) is 21.8. The van der Waals surface area contributed by atoms with Crippen molar-refractivity contribution in [1.82, 2.24) is 15.0 Å². The number of aromatic nitrogens is 3. The van der Waals surface area contributed by atoms with E-state index in [0.717, 1.165) is 55.5 Å². The van der Waals surface area contributed by atoms with E-state index in [1.54, 1.807) is 17.5 Å². The largest absolute Gasteiger partial charge is 0.264 e. The molecule has 0 unspecified atom stereocenters. The lowest BCUT2D eigenvalue weighted by Gasteiger charge is -2.15. The highest BCUT2D eigenvalue weighted by molar-refractivity contribution is 7.22. The number of fused-ring (bicyclic) bond motifs is 1. The van der Waals surface area contributed by atoms with E-state index in [2.05, 4.69) is 102 Å². The quantitative estimate of drug-likeness (QED) is 0.228. The molecular weight excluding hydrogens is 494 g/mol. The molecule has 0 saturated carbocycles. The molecule has 0 fully saturated rings. The van der Waals surface area contributed by atoms with Gasteiger partial charge in [0, 0.05) is 33.8 Å². The Balaban J connectivity index is 1.48. The molecule has 7 aromatic rings. The Morgan fingerprint density at radius 2 is 0.974 bits per heavy atom. The van der Waals surface area contributed by atoms with E-state index in [9.17, 15) is 0 Å². The van der Waals surface area contributed by atoms with Gasteiger partial charge in [-0.05, 0) is 34.7 Å². The zero-order valence-electron chi connectivity index (χ0n) is 21.0. The standard InChI is InChI=1S/C35H23N3S/c1-3-10-25(11-4-1)32-33(26-12-5-2-6-13-26)38-35(31-22-28-14-7-8-16-30(28)39-31)34(37-32)27-19-17-24(18-20-27)29-15-9-21-36-23-29/h1-23H. The van der Waals surface area contributed by atoms with E-state index in [1.807, 2.05) is 36.5 Å². The molecule has 3 aromatic heterocycles. The van der Waals surface area contributed by atoms with Gasteiger partial charge in [0.15, 0.2) is 0 Å². The number of benzene rings is 4. The highest BCUT2D eigenvalue weighted by atomic mass is 32.1. The third-order valence-electron chi connectivity index (χ3n) is 6.80.